The van der Waals surface area contributed by atoms with Crippen molar-refractivity contribution in [2.45, 2.75) is 24.7 Å². The van der Waals surface area contributed by atoms with Crippen LogP contribution in [0.3, 0.4) is 0 Å². The van der Waals surface area contributed by atoms with E-state index in [0.717, 1.165) is 12.1 Å². The van der Waals surface area contributed by atoms with Gasteiger partial charge in [-0.2, -0.15) is 0 Å². The molecule has 0 radical (unpaired) electrons. The van der Waals surface area contributed by atoms with Gasteiger partial charge < -0.3 is 9.88 Å². The van der Waals surface area contributed by atoms with Crippen LogP contribution in [0, 0.1) is 11.6 Å². The highest BCUT2D eigenvalue weighted by molar-refractivity contribution is 7.92. The minimum atomic E-state index is -4.17. The van der Waals surface area contributed by atoms with Gasteiger partial charge in [-0.1, -0.05) is 6.92 Å². The van der Waals surface area contributed by atoms with Gasteiger partial charge in [-0.15, -0.1) is 0 Å². The van der Waals surface area contributed by atoms with Gasteiger partial charge in [0.1, 0.15) is 22.2 Å². The smallest absolute Gasteiger partial charge is 0.270 e. The number of halogens is 2. The molecular weight excluding hydrogens is 352 g/mol. The van der Waals surface area contributed by atoms with Crippen molar-refractivity contribution in [3.05, 3.63) is 46.8 Å². The third-order valence-electron chi connectivity index (χ3n) is 4.26. The summed E-state index contributed by atoms with van der Waals surface area (Å²) in [5.41, 5.74) is 0.237. The Morgan fingerprint density at radius 1 is 1.28 bits per heavy atom. The number of aryl methyl sites for hydroxylation is 1. The highest BCUT2D eigenvalue weighted by Crippen LogP contribution is 2.28. The molecule has 6 nitrogen and oxygen atoms in total. The summed E-state index contributed by atoms with van der Waals surface area (Å²) in [7, 11) is -2.55. The van der Waals surface area contributed by atoms with Gasteiger partial charge in [0.2, 0.25) is 0 Å². The Hall–Kier alpha value is -2.42. The minimum absolute atomic E-state index is 0.136. The maximum atomic E-state index is 14.1. The van der Waals surface area contributed by atoms with Gasteiger partial charge >= 0.3 is 0 Å². The highest BCUT2D eigenvalue weighted by Gasteiger charge is 2.31. The van der Waals surface area contributed by atoms with Crippen LogP contribution in [0.2, 0.25) is 0 Å². The third-order valence-corrected chi connectivity index (χ3v) is 5.69. The van der Waals surface area contributed by atoms with E-state index in [-0.39, 0.29) is 28.5 Å². The predicted octanol–water partition coefficient (Wildman–Crippen LogP) is 2.28. The summed E-state index contributed by atoms with van der Waals surface area (Å²) in [6.45, 7) is 2.04. The van der Waals surface area contributed by atoms with E-state index in [0.29, 0.717) is 18.5 Å². The molecule has 1 amide bonds. The van der Waals surface area contributed by atoms with Crippen LogP contribution in [-0.2, 0) is 22.9 Å². The van der Waals surface area contributed by atoms with E-state index in [1.807, 2.05) is 0 Å². The van der Waals surface area contributed by atoms with Gasteiger partial charge in [-0.05, 0) is 24.5 Å². The van der Waals surface area contributed by atoms with E-state index in [9.17, 15) is 22.0 Å². The van der Waals surface area contributed by atoms with Crippen molar-refractivity contribution in [3.63, 3.8) is 0 Å². The molecule has 1 aromatic heterocycles. The summed E-state index contributed by atoms with van der Waals surface area (Å²) in [6.07, 6.45) is 1.83. The molecule has 0 spiro atoms. The maximum absolute atomic E-state index is 14.1. The summed E-state index contributed by atoms with van der Waals surface area (Å²) >= 11 is 0. The number of hydrogen-bond acceptors (Lipinski definition) is 3. The van der Waals surface area contributed by atoms with Crippen LogP contribution in [0.25, 0.3) is 0 Å². The molecular formula is C16H17F2N3O3S. The second-order valence-corrected chi connectivity index (χ2v) is 7.52. The second kappa shape index (κ2) is 6.14. The Labute approximate surface area is 143 Å². The van der Waals surface area contributed by atoms with Gasteiger partial charge in [0.25, 0.3) is 15.9 Å². The number of likely N-dealkylation sites (N-methyl/N-ethyl adjacent to an activating group) is 1. The molecule has 9 heteroatoms. The fraction of sp³-hybridized carbons (Fsp3) is 0.312. The van der Waals surface area contributed by atoms with Gasteiger partial charge in [-0.3, -0.25) is 9.52 Å². The Balaban J connectivity index is 1.98. The molecule has 25 heavy (non-hydrogen) atoms. The number of amides is 1. The molecule has 0 fully saturated rings. The highest BCUT2D eigenvalue weighted by atomic mass is 32.2. The van der Waals surface area contributed by atoms with Gasteiger partial charge in [-0.25, -0.2) is 17.2 Å². The number of rotatable bonds is 4. The van der Waals surface area contributed by atoms with Crippen molar-refractivity contribution in [3.8, 4) is 0 Å². The first kappa shape index (κ1) is 17.4. The van der Waals surface area contributed by atoms with Crippen LogP contribution < -0.4 is 4.72 Å². The van der Waals surface area contributed by atoms with Gasteiger partial charge in [0, 0.05) is 31.4 Å². The van der Waals surface area contributed by atoms with Crippen LogP contribution in [0.1, 0.15) is 28.5 Å². The number of aromatic nitrogens is 1. The largest absolute Gasteiger partial charge is 0.356 e. The Kier molecular flexibility index (Phi) is 4.28. The normalized spacial score (nSPS) is 14.6. The molecule has 2 heterocycles. The zero-order valence-corrected chi connectivity index (χ0v) is 14.5. The van der Waals surface area contributed by atoms with Crippen molar-refractivity contribution in [2.24, 2.45) is 0 Å². The molecule has 0 aliphatic carbocycles. The minimum Gasteiger partial charge on any atom is -0.356 e. The molecule has 1 aliphatic heterocycles. The van der Waals surface area contributed by atoms with Crippen LogP contribution >= 0.6 is 0 Å². The molecule has 0 saturated heterocycles. The SMILES string of the molecule is CCc1cc(F)c(NS(=O)(=O)c2c[nH]c3c2CCN(C)C3=O)cc1F. The number of carbonyl (C=O) groups is 1. The molecule has 0 saturated carbocycles. The lowest BCUT2D eigenvalue weighted by atomic mass is 10.1. The standard InChI is InChI=1S/C16H17F2N3O3S/c1-3-9-6-12(18)13(7-11(9)17)20-25(23,24)14-8-19-15-10(14)4-5-21(2)16(15)22/h6-8,19-20H,3-5H2,1-2H3. The molecule has 0 unspecified atom stereocenters. The zero-order chi connectivity index (χ0) is 18.4. The quantitative estimate of drug-likeness (QED) is 0.867. The number of nitrogens with one attached hydrogen (secondary N) is 2. The van der Waals surface area contributed by atoms with E-state index in [4.69, 9.17) is 0 Å². The van der Waals surface area contributed by atoms with Crippen LogP contribution in [-0.4, -0.2) is 37.8 Å². The van der Waals surface area contributed by atoms with Crippen LogP contribution in [0.4, 0.5) is 14.5 Å². The van der Waals surface area contributed by atoms with E-state index in [1.165, 1.54) is 11.1 Å². The topological polar surface area (TPSA) is 82.3 Å². The summed E-state index contributed by atoms with van der Waals surface area (Å²) in [4.78, 5) is 16.1. The van der Waals surface area contributed by atoms with Crippen molar-refractivity contribution in [1.82, 2.24) is 9.88 Å². The molecule has 1 aromatic carbocycles. The Bertz CT molecular complexity index is 954. The molecule has 1 aliphatic rings. The van der Waals surface area contributed by atoms with E-state index >= 15 is 0 Å². The number of anilines is 1. The van der Waals surface area contributed by atoms with Crippen LogP contribution in [0.15, 0.2) is 23.2 Å². The fourth-order valence-electron chi connectivity index (χ4n) is 2.82. The van der Waals surface area contributed by atoms with Crippen LogP contribution in [0.5, 0.6) is 0 Å². The predicted molar refractivity (Wildman–Crippen MR) is 88.0 cm³/mol. The Morgan fingerprint density at radius 2 is 2.00 bits per heavy atom. The first-order chi connectivity index (χ1) is 11.7. The molecule has 3 rings (SSSR count). The number of H-pyrrole nitrogens is 1. The first-order valence-electron chi connectivity index (χ1n) is 7.71. The summed E-state index contributed by atoms with van der Waals surface area (Å²) in [6, 6.07) is 1.79. The van der Waals surface area contributed by atoms with Crippen molar-refractivity contribution in [1.29, 1.82) is 0 Å². The fourth-order valence-corrected chi connectivity index (χ4v) is 4.12. The number of fused-ring (bicyclic) bond motifs is 1. The number of aromatic amines is 1. The first-order valence-corrected chi connectivity index (χ1v) is 9.19. The lowest BCUT2D eigenvalue weighted by Crippen LogP contribution is -2.34. The number of carbonyl (C=O) groups excluding carboxylic acids is 1. The number of nitrogens with zero attached hydrogens (tertiary/aromatic N) is 1. The lowest BCUT2D eigenvalue weighted by molar-refractivity contribution is 0.0775. The number of benzene rings is 1. The summed E-state index contributed by atoms with van der Waals surface area (Å²) in [5.74, 6) is -1.86. The summed E-state index contributed by atoms with van der Waals surface area (Å²) in [5, 5.41) is 0. The zero-order valence-electron chi connectivity index (χ0n) is 13.7. The van der Waals surface area contributed by atoms with Crippen molar-refractivity contribution in [2.75, 3.05) is 18.3 Å². The molecule has 0 bridgehead atoms. The molecule has 2 aromatic rings. The van der Waals surface area contributed by atoms with Gasteiger partial charge in [0.05, 0.1) is 5.69 Å². The number of hydrogen-bond donors (Lipinski definition) is 2. The molecule has 0 atom stereocenters. The summed E-state index contributed by atoms with van der Waals surface area (Å²) < 4.78 is 55.2. The van der Waals surface area contributed by atoms with Gasteiger partial charge in [0.15, 0.2) is 0 Å². The third kappa shape index (κ3) is 2.99. The lowest BCUT2D eigenvalue weighted by Gasteiger charge is -2.22. The van der Waals surface area contributed by atoms with Crippen molar-refractivity contribution < 1.29 is 22.0 Å². The van der Waals surface area contributed by atoms with Crippen molar-refractivity contribution >= 4 is 21.6 Å². The van der Waals surface area contributed by atoms with E-state index in [2.05, 4.69) is 9.71 Å². The second-order valence-electron chi connectivity index (χ2n) is 5.87. The monoisotopic (exact) mass is 369 g/mol. The molecule has 2 N–H and O–H groups in total. The number of sulfonamides is 1. The average Bonchev–Trinajstić information content (AvgIpc) is 2.99. The maximum Gasteiger partial charge on any atom is 0.270 e. The Morgan fingerprint density at radius 3 is 2.68 bits per heavy atom. The van der Waals surface area contributed by atoms with E-state index < -0.39 is 27.3 Å². The average molecular weight is 369 g/mol. The molecule has 134 valence electrons. The van der Waals surface area contributed by atoms with E-state index in [1.54, 1.807) is 14.0 Å².